The second-order valence-corrected chi connectivity index (χ2v) is 11.4. The molecule has 0 saturated heterocycles. The third kappa shape index (κ3) is 6.33. The number of allylic oxidation sites excluding steroid dienone is 3. The second kappa shape index (κ2) is 11.2. The minimum atomic E-state index is -4.42. The van der Waals surface area contributed by atoms with Crippen molar-refractivity contribution in [3.63, 3.8) is 0 Å². The van der Waals surface area contributed by atoms with E-state index in [2.05, 4.69) is 16.4 Å². The van der Waals surface area contributed by atoms with Gasteiger partial charge in [-0.3, -0.25) is 9.79 Å². The topological polar surface area (TPSA) is 103 Å². The van der Waals surface area contributed by atoms with E-state index in [-0.39, 0.29) is 35.5 Å². The quantitative estimate of drug-likeness (QED) is 0.446. The lowest BCUT2D eigenvalue weighted by atomic mass is 9.72. The summed E-state index contributed by atoms with van der Waals surface area (Å²) in [7, 11) is 1.75. The Bertz CT molecular complexity index is 1070. The maximum atomic E-state index is 13.2. The molecule has 1 fully saturated rings. The van der Waals surface area contributed by atoms with Gasteiger partial charge in [-0.1, -0.05) is 17.7 Å². The molecule has 0 aromatic heterocycles. The van der Waals surface area contributed by atoms with Gasteiger partial charge in [-0.15, -0.1) is 0 Å². The van der Waals surface area contributed by atoms with E-state index in [1.165, 1.54) is 11.6 Å². The van der Waals surface area contributed by atoms with Crippen LogP contribution < -0.4 is 11.1 Å². The van der Waals surface area contributed by atoms with Crippen molar-refractivity contribution < 1.29 is 23.1 Å². The number of carbonyl (C=O) groups excluding carboxylic acids is 1. The summed E-state index contributed by atoms with van der Waals surface area (Å²) in [6, 6.07) is -0.304. The fourth-order valence-electron chi connectivity index (χ4n) is 6.39. The molecular weight excluding hydrogens is 495 g/mol. The predicted molar refractivity (Wildman–Crippen MR) is 142 cm³/mol. The van der Waals surface area contributed by atoms with E-state index in [1.54, 1.807) is 18.9 Å². The molecule has 4 rings (SSSR count). The van der Waals surface area contributed by atoms with Crippen molar-refractivity contribution in [1.82, 2.24) is 10.2 Å². The minimum Gasteiger partial charge on any atom is -0.401 e. The average molecular weight is 536 g/mol. The van der Waals surface area contributed by atoms with Crippen molar-refractivity contribution in [2.75, 3.05) is 13.6 Å². The van der Waals surface area contributed by atoms with Gasteiger partial charge in [0.05, 0.1) is 17.7 Å². The van der Waals surface area contributed by atoms with Gasteiger partial charge in [0.25, 0.3) is 0 Å². The Hall–Kier alpha value is -2.62. The number of alkyl halides is 3. The van der Waals surface area contributed by atoms with E-state index < -0.39 is 23.8 Å². The molecule has 4 aliphatic rings. The van der Waals surface area contributed by atoms with Gasteiger partial charge in [-0.05, 0) is 71.3 Å². The van der Waals surface area contributed by atoms with Gasteiger partial charge in [0.1, 0.15) is 11.7 Å². The molecule has 0 aromatic carbocycles. The molecular formula is C28H40F3N5O2. The first-order valence-electron chi connectivity index (χ1n) is 13.6. The highest BCUT2D eigenvalue weighted by molar-refractivity contribution is 6.00. The highest BCUT2D eigenvalue weighted by Crippen LogP contribution is 2.41. The Morgan fingerprint density at radius 2 is 1.95 bits per heavy atom. The second-order valence-electron chi connectivity index (χ2n) is 11.4. The van der Waals surface area contributed by atoms with E-state index in [0.29, 0.717) is 18.3 Å². The van der Waals surface area contributed by atoms with E-state index in [1.807, 2.05) is 13.8 Å². The van der Waals surface area contributed by atoms with Crippen LogP contribution >= 0.6 is 0 Å². The average Bonchev–Trinajstić information content (AvgIpc) is 3.25. The first kappa shape index (κ1) is 28.4. The number of rotatable bonds is 6. The highest BCUT2D eigenvalue weighted by atomic mass is 19.4. The van der Waals surface area contributed by atoms with E-state index in [0.717, 1.165) is 50.4 Å². The van der Waals surface area contributed by atoms with Gasteiger partial charge >= 0.3 is 6.18 Å². The highest BCUT2D eigenvalue weighted by Gasteiger charge is 2.40. The molecule has 0 aromatic rings. The number of aliphatic hydroxyl groups excluding tert-OH is 1. The summed E-state index contributed by atoms with van der Waals surface area (Å²) < 4.78 is 39.6. The molecule has 7 nitrogen and oxygen atoms in total. The zero-order chi connectivity index (χ0) is 27.8. The Labute approximate surface area is 222 Å². The van der Waals surface area contributed by atoms with Gasteiger partial charge in [0.2, 0.25) is 5.91 Å². The number of aliphatic hydroxyl groups is 1. The Morgan fingerprint density at radius 3 is 2.55 bits per heavy atom. The molecule has 3 aliphatic carbocycles. The molecule has 4 unspecified atom stereocenters. The van der Waals surface area contributed by atoms with Crippen LogP contribution in [0.3, 0.4) is 0 Å². The maximum absolute atomic E-state index is 13.2. The lowest BCUT2D eigenvalue weighted by molar-refractivity contribution is -0.136. The fourth-order valence-corrected chi connectivity index (χ4v) is 6.39. The minimum absolute atomic E-state index is 0.00641. The predicted octanol–water partition coefficient (Wildman–Crippen LogP) is 4.11. The van der Waals surface area contributed by atoms with E-state index in [4.69, 9.17) is 10.7 Å². The first-order chi connectivity index (χ1) is 17.8. The molecule has 5 atom stereocenters. The van der Waals surface area contributed by atoms with Gasteiger partial charge in [0.15, 0.2) is 0 Å². The fraction of sp³-hybridized carbons (Fsp3) is 0.679. The van der Waals surface area contributed by atoms with Crippen LogP contribution in [-0.4, -0.2) is 65.5 Å². The smallest absolute Gasteiger partial charge is 0.401 e. The van der Waals surface area contributed by atoms with Crippen molar-refractivity contribution >= 4 is 17.6 Å². The Balaban J connectivity index is 1.39. The van der Waals surface area contributed by atoms with Crippen molar-refractivity contribution in [3.8, 4) is 0 Å². The number of nitrogens with one attached hydrogen (secondary N) is 1. The SMILES string of the molecule is CC1=NC2CC=C(C3CCC(C(=O)N(C)C[C@H](C)O)CC3)CC2C(NC(C)C2C=C(C(F)(F)F)C=C2N)=N1. The summed E-state index contributed by atoms with van der Waals surface area (Å²) in [6.07, 6.45) is 4.67. The number of nitrogens with zero attached hydrogens (tertiary/aromatic N) is 3. The Morgan fingerprint density at radius 1 is 1.26 bits per heavy atom. The summed E-state index contributed by atoms with van der Waals surface area (Å²) in [5, 5.41) is 13.0. The molecule has 0 spiro atoms. The van der Waals surface area contributed by atoms with Gasteiger partial charge in [-0.25, -0.2) is 4.99 Å². The number of likely N-dealkylation sites (N-methyl/N-ethyl adjacent to an activating group) is 1. The zero-order valence-corrected chi connectivity index (χ0v) is 22.6. The van der Waals surface area contributed by atoms with Crippen molar-refractivity contribution in [2.24, 2.45) is 39.4 Å². The number of amides is 1. The van der Waals surface area contributed by atoms with Crippen LogP contribution in [0.2, 0.25) is 0 Å². The molecule has 1 amide bonds. The van der Waals surface area contributed by atoms with Crippen LogP contribution in [0.4, 0.5) is 13.2 Å². The molecule has 4 N–H and O–H groups in total. The maximum Gasteiger partial charge on any atom is 0.416 e. The number of aliphatic imine (C=N–C) groups is 2. The van der Waals surface area contributed by atoms with Gasteiger partial charge in [-0.2, -0.15) is 13.2 Å². The molecule has 0 bridgehead atoms. The van der Waals surface area contributed by atoms with Gasteiger partial charge in [0, 0.05) is 43.1 Å². The lowest BCUT2D eigenvalue weighted by Gasteiger charge is -2.38. The summed E-state index contributed by atoms with van der Waals surface area (Å²) in [4.78, 5) is 23.8. The Kier molecular flexibility index (Phi) is 8.40. The van der Waals surface area contributed by atoms with Crippen LogP contribution in [0.1, 0.15) is 59.3 Å². The summed E-state index contributed by atoms with van der Waals surface area (Å²) in [5.74, 6) is 1.41. The summed E-state index contributed by atoms with van der Waals surface area (Å²) in [6.45, 7) is 5.71. The van der Waals surface area contributed by atoms with Crippen LogP contribution in [0, 0.1) is 23.7 Å². The number of hydrogen-bond donors (Lipinski definition) is 3. The third-order valence-corrected chi connectivity index (χ3v) is 8.35. The molecule has 210 valence electrons. The van der Waals surface area contributed by atoms with Crippen molar-refractivity contribution in [3.05, 3.63) is 35.1 Å². The number of amidine groups is 2. The van der Waals surface area contributed by atoms with E-state index in [9.17, 15) is 23.1 Å². The van der Waals surface area contributed by atoms with Gasteiger partial charge < -0.3 is 21.1 Å². The number of hydrogen-bond acceptors (Lipinski definition) is 6. The standard InChI is InChI=1S/C28H40F3N5O2/c1-15(37)14-36(4)27(38)19-7-5-18(6-8-19)20-9-10-25-23(11-20)26(35-17(3)34-25)33-16(2)22-12-21(13-24(22)32)28(29,30)31/h9,12-13,15-16,18-19,22-23,25,37H,5-8,10-11,14,32H2,1-4H3,(H,33,34,35)/t15-,16?,18?,19?,22?,23?,25?/m0/s1. The normalized spacial score (nSPS) is 31.2. The lowest BCUT2D eigenvalue weighted by Crippen LogP contribution is -2.47. The number of halogens is 3. The molecule has 10 heteroatoms. The van der Waals surface area contributed by atoms with Crippen molar-refractivity contribution in [1.29, 1.82) is 0 Å². The third-order valence-electron chi connectivity index (χ3n) is 8.35. The molecule has 1 aliphatic heterocycles. The number of carbonyl (C=O) groups is 1. The van der Waals surface area contributed by atoms with Crippen LogP contribution in [0.15, 0.2) is 45.1 Å². The van der Waals surface area contributed by atoms with Crippen molar-refractivity contribution in [2.45, 2.75) is 83.7 Å². The first-order valence-corrected chi connectivity index (χ1v) is 13.6. The largest absolute Gasteiger partial charge is 0.416 e. The van der Waals surface area contributed by atoms with Crippen LogP contribution in [-0.2, 0) is 4.79 Å². The monoisotopic (exact) mass is 535 g/mol. The zero-order valence-electron chi connectivity index (χ0n) is 22.6. The number of nitrogens with two attached hydrogens (primary N) is 1. The summed E-state index contributed by atoms with van der Waals surface area (Å²) >= 11 is 0. The van der Waals surface area contributed by atoms with Crippen LogP contribution in [0.25, 0.3) is 0 Å². The molecule has 0 radical (unpaired) electrons. The van der Waals surface area contributed by atoms with Crippen LogP contribution in [0.5, 0.6) is 0 Å². The summed E-state index contributed by atoms with van der Waals surface area (Å²) in [5.41, 5.74) is 6.84. The molecule has 38 heavy (non-hydrogen) atoms. The number of fused-ring (bicyclic) bond motifs is 1. The van der Waals surface area contributed by atoms with E-state index >= 15 is 0 Å². The molecule has 1 heterocycles. The molecule has 1 saturated carbocycles.